The quantitative estimate of drug-likeness (QED) is 0.835. The highest BCUT2D eigenvalue weighted by molar-refractivity contribution is 5.99. The summed E-state index contributed by atoms with van der Waals surface area (Å²) in [5.41, 5.74) is 9.26. The summed E-state index contributed by atoms with van der Waals surface area (Å²) < 4.78 is 6.31. The van der Waals surface area contributed by atoms with Gasteiger partial charge in [0.15, 0.2) is 5.82 Å². The number of nitrogens with zero attached hydrogens (tertiary/aromatic N) is 2. The monoisotopic (exact) mass is 274 g/mol. The van der Waals surface area contributed by atoms with Crippen LogP contribution < -0.4 is 11.1 Å². The fraction of sp³-hybridized carbons (Fsp3) is 0.286. The number of aromatic nitrogens is 2. The highest BCUT2D eigenvalue weighted by atomic mass is 16.5. The van der Waals surface area contributed by atoms with E-state index in [0.29, 0.717) is 5.82 Å². The van der Waals surface area contributed by atoms with Crippen molar-refractivity contribution in [2.24, 2.45) is 0 Å². The number of aryl methyl sites for hydroxylation is 2. The average molecular weight is 274 g/mol. The summed E-state index contributed by atoms with van der Waals surface area (Å²) in [6.45, 7) is 3.95. The molecular formula is C14H18N4O2. The SMILES string of the molecule is CNc1nn(-c2cc(C)ccc2C)c(N)c1C(=O)OC. The number of esters is 1. The van der Waals surface area contributed by atoms with E-state index in [1.165, 1.54) is 7.11 Å². The van der Waals surface area contributed by atoms with Gasteiger partial charge >= 0.3 is 5.97 Å². The van der Waals surface area contributed by atoms with E-state index in [4.69, 9.17) is 10.5 Å². The molecule has 0 unspecified atom stereocenters. The van der Waals surface area contributed by atoms with Gasteiger partial charge in [-0.3, -0.25) is 0 Å². The highest BCUT2D eigenvalue weighted by Gasteiger charge is 2.23. The van der Waals surface area contributed by atoms with Crippen molar-refractivity contribution < 1.29 is 9.53 Å². The summed E-state index contributed by atoms with van der Waals surface area (Å²) in [7, 11) is 3.00. The molecular weight excluding hydrogens is 256 g/mol. The molecule has 0 saturated heterocycles. The van der Waals surface area contributed by atoms with Gasteiger partial charge in [0.05, 0.1) is 12.8 Å². The minimum atomic E-state index is -0.511. The van der Waals surface area contributed by atoms with E-state index in [0.717, 1.165) is 16.8 Å². The maximum Gasteiger partial charge on any atom is 0.345 e. The van der Waals surface area contributed by atoms with E-state index in [9.17, 15) is 4.79 Å². The van der Waals surface area contributed by atoms with Crippen LogP contribution in [0.2, 0.25) is 0 Å². The maximum atomic E-state index is 11.8. The van der Waals surface area contributed by atoms with Crippen LogP contribution in [0.4, 0.5) is 11.6 Å². The number of nitrogens with one attached hydrogen (secondary N) is 1. The van der Waals surface area contributed by atoms with Gasteiger partial charge in [-0.2, -0.15) is 0 Å². The number of methoxy groups -OCH3 is 1. The number of carbonyl (C=O) groups is 1. The van der Waals surface area contributed by atoms with Gasteiger partial charge in [0.25, 0.3) is 0 Å². The number of anilines is 2. The molecule has 20 heavy (non-hydrogen) atoms. The van der Waals surface area contributed by atoms with E-state index in [1.54, 1.807) is 11.7 Å². The first-order valence-electron chi connectivity index (χ1n) is 6.21. The van der Waals surface area contributed by atoms with Crippen molar-refractivity contribution in [3.8, 4) is 5.69 Å². The molecule has 6 heteroatoms. The van der Waals surface area contributed by atoms with Crippen LogP contribution in [-0.4, -0.2) is 29.9 Å². The molecule has 0 amide bonds. The zero-order valence-electron chi connectivity index (χ0n) is 12.0. The Morgan fingerprint density at radius 3 is 2.70 bits per heavy atom. The van der Waals surface area contributed by atoms with Crippen LogP contribution >= 0.6 is 0 Å². The zero-order chi connectivity index (χ0) is 14.9. The smallest absolute Gasteiger partial charge is 0.345 e. The lowest BCUT2D eigenvalue weighted by molar-refractivity contribution is 0.0603. The van der Waals surface area contributed by atoms with E-state index in [-0.39, 0.29) is 11.4 Å². The van der Waals surface area contributed by atoms with Crippen molar-refractivity contribution in [2.75, 3.05) is 25.2 Å². The van der Waals surface area contributed by atoms with Gasteiger partial charge in [-0.1, -0.05) is 12.1 Å². The Morgan fingerprint density at radius 1 is 1.40 bits per heavy atom. The molecule has 0 aliphatic heterocycles. The molecule has 1 heterocycles. The van der Waals surface area contributed by atoms with Crippen LogP contribution in [0, 0.1) is 13.8 Å². The lowest BCUT2D eigenvalue weighted by atomic mass is 10.1. The van der Waals surface area contributed by atoms with Crippen LogP contribution in [-0.2, 0) is 4.74 Å². The normalized spacial score (nSPS) is 10.4. The number of nitrogen functional groups attached to an aromatic ring is 1. The van der Waals surface area contributed by atoms with Crippen LogP contribution in [0.1, 0.15) is 21.5 Å². The fourth-order valence-corrected chi connectivity index (χ4v) is 2.04. The van der Waals surface area contributed by atoms with Gasteiger partial charge in [-0.05, 0) is 31.0 Å². The average Bonchev–Trinajstić information content (AvgIpc) is 2.77. The Labute approximate surface area is 117 Å². The predicted octanol–water partition coefficient (Wildman–Crippen LogP) is 1.90. The third-order valence-corrected chi connectivity index (χ3v) is 3.14. The molecule has 0 fully saturated rings. The number of hydrogen-bond donors (Lipinski definition) is 2. The van der Waals surface area contributed by atoms with Crippen molar-refractivity contribution in [3.05, 3.63) is 34.9 Å². The van der Waals surface area contributed by atoms with Gasteiger partial charge in [-0.15, -0.1) is 5.10 Å². The van der Waals surface area contributed by atoms with Crippen molar-refractivity contribution in [1.82, 2.24) is 9.78 Å². The Morgan fingerprint density at radius 2 is 2.10 bits per heavy atom. The molecule has 106 valence electrons. The number of carbonyl (C=O) groups excluding carboxylic acids is 1. The van der Waals surface area contributed by atoms with Crippen molar-refractivity contribution in [1.29, 1.82) is 0 Å². The second-order valence-corrected chi connectivity index (χ2v) is 4.55. The van der Waals surface area contributed by atoms with Crippen LogP contribution in [0.15, 0.2) is 18.2 Å². The Bertz CT molecular complexity index is 661. The molecule has 3 N–H and O–H groups in total. The number of nitrogens with two attached hydrogens (primary N) is 1. The van der Waals surface area contributed by atoms with Crippen molar-refractivity contribution in [2.45, 2.75) is 13.8 Å². The summed E-state index contributed by atoms with van der Waals surface area (Å²) in [4.78, 5) is 11.8. The molecule has 0 aliphatic carbocycles. The third-order valence-electron chi connectivity index (χ3n) is 3.14. The topological polar surface area (TPSA) is 82.2 Å². The molecule has 6 nitrogen and oxygen atoms in total. The van der Waals surface area contributed by atoms with Crippen molar-refractivity contribution in [3.63, 3.8) is 0 Å². The molecule has 2 rings (SSSR count). The van der Waals surface area contributed by atoms with Gasteiger partial charge in [0.2, 0.25) is 0 Å². The molecule has 0 radical (unpaired) electrons. The molecule has 0 bridgehead atoms. The molecule has 1 aromatic carbocycles. The number of benzene rings is 1. The minimum absolute atomic E-state index is 0.246. The van der Waals surface area contributed by atoms with Crippen LogP contribution in [0.3, 0.4) is 0 Å². The van der Waals surface area contributed by atoms with Gasteiger partial charge < -0.3 is 15.8 Å². The first kappa shape index (κ1) is 13.9. The lowest BCUT2D eigenvalue weighted by Gasteiger charge is -2.09. The van der Waals surface area contributed by atoms with E-state index >= 15 is 0 Å². The van der Waals surface area contributed by atoms with Gasteiger partial charge in [0, 0.05) is 7.05 Å². The first-order valence-corrected chi connectivity index (χ1v) is 6.21. The molecule has 2 aromatic rings. The second-order valence-electron chi connectivity index (χ2n) is 4.55. The number of rotatable bonds is 3. The Hall–Kier alpha value is -2.50. The van der Waals surface area contributed by atoms with Crippen molar-refractivity contribution >= 4 is 17.6 Å². The molecule has 0 saturated carbocycles. The molecule has 0 spiro atoms. The largest absolute Gasteiger partial charge is 0.465 e. The third kappa shape index (κ3) is 2.20. The standard InChI is InChI=1S/C14H18N4O2/c1-8-5-6-9(2)10(7-8)18-12(15)11(14(19)20-4)13(16-3)17-18/h5-7H,15H2,1-4H3,(H,16,17). The van der Waals surface area contributed by atoms with E-state index in [2.05, 4.69) is 10.4 Å². The van der Waals surface area contributed by atoms with Crippen LogP contribution in [0.5, 0.6) is 0 Å². The highest BCUT2D eigenvalue weighted by Crippen LogP contribution is 2.27. The second kappa shape index (κ2) is 5.24. The number of hydrogen-bond acceptors (Lipinski definition) is 5. The van der Waals surface area contributed by atoms with Gasteiger partial charge in [-0.25, -0.2) is 9.48 Å². The first-order chi connectivity index (χ1) is 9.49. The molecule has 0 atom stereocenters. The molecule has 0 aliphatic rings. The summed E-state index contributed by atoms with van der Waals surface area (Å²) in [6, 6.07) is 5.97. The van der Waals surface area contributed by atoms with Crippen LogP contribution in [0.25, 0.3) is 5.69 Å². The number of ether oxygens (including phenoxy) is 1. The Balaban J connectivity index is 2.67. The minimum Gasteiger partial charge on any atom is -0.465 e. The summed E-state index contributed by atoms with van der Waals surface area (Å²) in [5, 5.41) is 7.21. The fourth-order valence-electron chi connectivity index (χ4n) is 2.04. The summed E-state index contributed by atoms with van der Waals surface area (Å²) in [5.74, 6) is 0.147. The summed E-state index contributed by atoms with van der Waals surface area (Å²) in [6.07, 6.45) is 0. The predicted molar refractivity (Wildman–Crippen MR) is 78.3 cm³/mol. The molecule has 1 aromatic heterocycles. The summed E-state index contributed by atoms with van der Waals surface area (Å²) >= 11 is 0. The lowest BCUT2D eigenvalue weighted by Crippen LogP contribution is -2.08. The zero-order valence-corrected chi connectivity index (χ0v) is 12.0. The van der Waals surface area contributed by atoms with E-state index in [1.807, 2.05) is 32.0 Å². The Kier molecular flexibility index (Phi) is 3.65. The van der Waals surface area contributed by atoms with E-state index < -0.39 is 5.97 Å². The van der Waals surface area contributed by atoms with Gasteiger partial charge in [0.1, 0.15) is 11.4 Å². The maximum absolute atomic E-state index is 11.8.